The van der Waals surface area contributed by atoms with Crippen LogP contribution in [-0.2, 0) is 33.2 Å². The molecule has 3 heterocycles. The van der Waals surface area contributed by atoms with Gasteiger partial charge in [-0.15, -0.1) is 0 Å². The van der Waals surface area contributed by atoms with Crippen LogP contribution in [0.5, 0.6) is 0 Å². The summed E-state index contributed by atoms with van der Waals surface area (Å²) in [6, 6.07) is -0.999. The maximum Gasteiger partial charge on any atom is 0.220 e. The van der Waals surface area contributed by atoms with Gasteiger partial charge >= 0.3 is 0 Å². The third kappa shape index (κ3) is 35.2. The van der Waals surface area contributed by atoms with Crippen LogP contribution in [0.3, 0.4) is 0 Å². The summed E-state index contributed by atoms with van der Waals surface area (Å²) in [5.41, 5.74) is 0. The van der Waals surface area contributed by atoms with Crippen LogP contribution in [0.1, 0.15) is 245 Å². The van der Waals surface area contributed by atoms with Crippen LogP contribution >= 0.6 is 0 Å². The third-order valence-electron chi connectivity index (χ3n) is 17.5. The van der Waals surface area contributed by atoms with Gasteiger partial charge in [-0.25, -0.2) is 0 Å². The van der Waals surface area contributed by atoms with Crippen LogP contribution < -0.4 is 5.32 Å². The summed E-state index contributed by atoms with van der Waals surface area (Å²) < 4.78 is 34.3. The highest BCUT2D eigenvalue weighted by atomic mass is 16.8. The largest absolute Gasteiger partial charge is 0.394 e. The molecule has 3 fully saturated rings. The zero-order chi connectivity index (χ0) is 66.1. The molecule has 0 spiro atoms. The van der Waals surface area contributed by atoms with Crippen LogP contribution in [0.2, 0.25) is 0 Å². The average Bonchev–Trinajstić information content (AvgIpc) is 0.883. The molecule has 91 heavy (non-hydrogen) atoms. The number of hydrogen-bond acceptors (Lipinski definition) is 18. The van der Waals surface area contributed by atoms with E-state index in [4.69, 9.17) is 28.4 Å². The first-order valence-electron chi connectivity index (χ1n) is 35.7. The SMILES string of the molecule is CC/C=C\C/C=C\C/C=C\C/C=C\CCCCCCCCCCC(=O)NC(COC1OC(CO)C(OC2OC(CO)C(OC3OC(CO)C(O)C(O)C3O)C(O)C2O)C(O)C1O)C(O)/C=C/CC/C=C/CCCCCCCCCCCCCCCCCCCCC. The Bertz CT molecular complexity index is 1930. The number of amides is 1. The Morgan fingerprint density at radius 3 is 1.23 bits per heavy atom. The summed E-state index contributed by atoms with van der Waals surface area (Å²) in [6.45, 7) is 1.61. The quantitative estimate of drug-likeness (QED) is 0.0199. The standard InChI is InChI=1S/C72H127NO18/c1-3-5-7-9-11-13-15-17-19-21-23-25-26-27-28-30-31-33-35-37-39-41-43-45-47-49-56(77)55(73-60(78)50-48-46-44-42-40-38-36-34-32-29-24-22-20-18-16-14-12-10-8-6-4-2)54-86-70-66(84)63(81)68(58(52-75)88-70)91-72-67(85)64(82)69(59(53-76)89-72)90-71-65(83)62(80)61(79)57(51-74)87-71/h6,8,12,14,18,20,24,29,39,41,47,49,55-59,61-72,74-77,79-85H,3-5,7,9-11,13,15-17,19,21-23,25-28,30-38,40,42-46,48,50-54H2,1-2H3,(H,73,78)/b8-6-,14-12-,20-18-,29-24-,41-39+,49-47+. The first-order valence-corrected chi connectivity index (χ1v) is 35.7. The Hall–Kier alpha value is -2.77. The fourth-order valence-corrected chi connectivity index (χ4v) is 11.7. The molecule has 0 bridgehead atoms. The molecule has 3 aliphatic rings. The normalized spacial score (nSPS) is 28.3. The minimum Gasteiger partial charge on any atom is -0.394 e. The molecule has 12 N–H and O–H groups in total. The second-order valence-electron chi connectivity index (χ2n) is 25.3. The van der Waals surface area contributed by atoms with Crippen molar-refractivity contribution in [3.8, 4) is 0 Å². The summed E-state index contributed by atoms with van der Waals surface area (Å²) in [5.74, 6) is -0.295. The van der Waals surface area contributed by atoms with Crippen molar-refractivity contribution in [3.05, 3.63) is 72.9 Å². The van der Waals surface area contributed by atoms with Gasteiger partial charge in [0.15, 0.2) is 18.9 Å². The Morgan fingerprint density at radius 1 is 0.407 bits per heavy atom. The molecule has 3 aliphatic heterocycles. The molecule has 17 unspecified atom stereocenters. The van der Waals surface area contributed by atoms with Crippen molar-refractivity contribution in [2.75, 3.05) is 26.4 Å². The number of aliphatic hydroxyl groups is 11. The van der Waals surface area contributed by atoms with Crippen molar-refractivity contribution in [2.45, 2.75) is 349 Å². The summed E-state index contributed by atoms with van der Waals surface area (Å²) in [4.78, 5) is 13.4. The van der Waals surface area contributed by atoms with E-state index in [1.54, 1.807) is 6.08 Å². The van der Waals surface area contributed by atoms with Crippen LogP contribution in [0.15, 0.2) is 72.9 Å². The molecule has 19 heteroatoms. The highest BCUT2D eigenvalue weighted by Gasteiger charge is 2.53. The van der Waals surface area contributed by atoms with Gasteiger partial charge in [0.05, 0.1) is 38.6 Å². The summed E-state index contributed by atoms with van der Waals surface area (Å²) >= 11 is 0. The number of aliphatic hydroxyl groups excluding tert-OH is 11. The zero-order valence-corrected chi connectivity index (χ0v) is 55.8. The van der Waals surface area contributed by atoms with E-state index in [-0.39, 0.29) is 18.9 Å². The van der Waals surface area contributed by atoms with Crippen molar-refractivity contribution in [3.63, 3.8) is 0 Å². The zero-order valence-electron chi connectivity index (χ0n) is 55.8. The number of unbranched alkanes of at least 4 members (excludes halogenated alkanes) is 28. The van der Waals surface area contributed by atoms with Gasteiger partial charge < -0.3 is 89.9 Å². The summed E-state index contributed by atoms with van der Waals surface area (Å²) in [5, 5.41) is 121. The molecule has 0 aromatic heterocycles. The van der Waals surface area contributed by atoms with Gasteiger partial charge in [-0.3, -0.25) is 4.79 Å². The monoisotopic (exact) mass is 1290 g/mol. The van der Waals surface area contributed by atoms with E-state index < -0.39 is 124 Å². The lowest BCUT2D eigenvalue weighted by atomic mass is 9.96. The molecular formula is C72H127NO18. The topological polar surface area (TPSA) is 307 Å². The van der Waals surface area contributed by atoms with Crippen molar-refractivity contribution < 1.29 is 89.4 Å². The van der Waals surface area contributed by atoms with Crippen LogP contribution in [0.25, 0.3) is 0 Å². The van der Waals surface area contributed by atoms with Crippen molar-refractivity contribution in [2.24, 2.45) is 0 Å². The number of carbonyl (C=O) groups excluding carboxylic acids is 1. The molecule has 0 aromatic carbocycles. The second-order valence-corrected chi connectivity index (χ2v) is 25.3. The molecule has 3 rings (SSSR count). The summed E-state index contributed by atoms with van der Waals surface area (Å²) in [6.07, 6.45) is 40.2. The fourth-order valence-electron chi connectivity index (χ4n) is 11.7. The van der Waals surface area contributed by atoms with E-state index in [0.29, 0.717) is 12.8 Å². The van der Waals surface area contributed by atoms with Gasteiger partial charge in [0, 0.05) is 6.42 Å². The third-order valence-corrected chi connectivity index (χ3v) is 17.5. The molecule has 0 radical (unpaired) electrons. The number of ether oxygens (including phenoxy) is 6. The predicted molar refractivity (Wildman–Crippen MR) is 355 cm³/mol. The Balaban J connectivity index is 1.45. The highest BCUT2D eigenvalue weighted by Crippen LogP contribution is 2.33. The van der Waals surface area contributed by atoms with E-state index in [9.17, 15) is 61.0 Å². The Kier molecular flexibility index (Phi) is 48.4. The molecular weight excluding hydrogens is 1170 g/mol. The lowest BCUT2D eigenvalue weighted by Gasteiger charge is -2.48. The van der Waals surface area contributed by atoms with Gasteiger partial charge in [-0.1, -0.05) is 241 Å². The molecule has 528 valence electrons. The van der Waals surface area contributed by atoms with Crippen LogP contribution in [-0.4, -0.2) is 193 Å². The Morgan fingerprint density at radius 2 is 0.769 bits per heavy atom. The maximum atomic E-state index is 13.4. The van der Waals surface area contributed by atoms with Crippen molar-refractivity contribution in [1.82, 2.24) is 5.32 Å². The van der Waals surface area contributed by atoms with E-state index in [1.165, 1.54) is 135 Å². The molecule has 0 aromatic rings. The predicted octanol–water partition coefficient (Wildman–Crippen LogP) is 9.72. The summed E-state index contributed by atoms with van der Waals surface area (Å²) in [7, 11) is 0. The number of rotatable bonds is 54. The van der Waals surface area contributed by atoms with Gasteiger partial charge in [0.2, 0.25) is 5.91 Å². The van der Waals surface area contributed by atoms with Crippen molar-refractivity contribution >= 4 is 5.91 Å². The van der Waals surface area contributed by atoms with Gasteiger partial charge in [0.25, 0.3) is 0 Å². The minimum absolute atomic E-state index is 0.223. The van der Waals surface area contributed by atoms with E-state index in [0.717, 1.165) is 77.0 Å². The fraction of sp³-hybridized carbons (Fsp3) is 0.819. The van der Waals surface area contributed by atoms with Gasteiger partial charge in [-0.2, -0.15) is 0 Å². The molecule has 0 saturated carbocycles. The first-order chi connectivity index (χ1) is 44.3. The average molecular weight is 1290 g/mol. The number of allylic oxidation sites excluding steroid dienone is 11. The van der Waals surface area contributed by atoms with Crippen LogP contribution in [0.4, 0.5) is 0 Å². The first kappa shape index (κ1) is 82.5. The number of hydrogen-bond donors (Lipinski definition) is 12. The van der Waals surface area contributed by atoms with E-state index >= 15 is 0 Å². The minimum atomic E-state index is -1.98. The molecule has 1 amide bonds. The smallest absolute Gasteiger partial charge is 0.220 e. The van der Waals surface area contributed by atoms with Gasteiger partial charge in [-0.05, 0) is 70.6 Å². The Labute approximate surface area is 547 Å². The lowest BCUT2D eigenvalue weighted by Crippen LogP contribution is -2.66. The second kappa shape index (κ2) is 53.4. The van der Waals surface area contributed by atoms with Gasteiger partial charge in [0.1, 0.15) is 73.2 Å². The molecule has 19 nitrogen and oxygen atoms in total. The number of carbonyl (C=O) groups is 1. The molecule has 17 atom stereocenters. The number of nitrogens with one attached hydrogen (secondary N) is 1. The highest BCUT2D eigenvalue weighted by molar-refractivity contribution is 5.76. The van der Waals surface area contributed by atoms with E-state index in [1.807, 2.05) is 6.08 Å². The van der Waals surface area contributed by atoms with Crippen LogP contribution in [0, 0.1) is 0 Å². The molecule has 0 aliphatic carbocycles. The molecule has 3 saturated heterocycles. The van der Waals surface area contributed by atoms with E-state index in [2.05, 4.69) is 79.9 Å². The lowest BCUT2D eigenvalue weighted by molar-refractivity contribution is -0.379. The maximum absolute atomic E-state index is 13.4. The van der Waals surface area contributed by atoms with Crippen molar-refractivity contribution in [1.29, 1.82) is 0 Å².